The summed E-state index contributed by atoms with van der Waals surface area (Å²) in [4.78, 5) is 50.4. The zero-order valence-corrected chi connectivity index (χ0v) is 24.0. The van der Waals surface area contributed by atoms with Gasteiger partial charge in [0, 0.05) is 57.5 Å². The summed E-state index contributed by atoms with van der Waals surface area (Å²) in [7, 11) is 0. The van der Waals surface area contributed by atoms with Gasteiger partial charge in [-0.05, 0) is 70.6 Å². The van der Waals surface area contributed by atoms with Gasteiger partial charge >= 0.3 is 6.09 Å². The zero-order chi connectivity index (χ0) is 28.7. The fraction of sp³-hybridized carbons (Fsp3) is 0.643. The first-order valence-corrected chi connectivity index (χ1v) is 13.9. The fourth-order valence-electron chi connectivity index (χ4n) is 3.90. The molecule has 1 aliphatic rings. The smallest absolute Gasteiger partial charge is 0.407 e. The number of carbonyl (C=O) groups excluding carboxylic acids is 4. The Morgan fingerprint density at radius 3 is 2.08 bits per heavy atom. The van der Waals surface area contributed by atoms with E-state index in [2.05, 4.69) is 10.6 Å². The molecule has 1 fully saturated rings. The van der Waals surface area contributed by atoms with Crippen LogP contribution in [0.2, 0.25) is 5.02 Å². The van der Waals surface area contributed by atoms with E-state index in [-0.39, 0.29) is 18.9 Å². The molecule has 1 aromatic rings. The maximum atomic E-state index is 12.7. The molecule has 0 radical (unpaired) electrons. The molecule has 1 heterocycles. The number of alkyl carbamates (subject to hydrolysis) is 1. The number of ether oxygens (including phenoxy) is 3. The van der Waals surface area contributed by atoms with Gasteiger partial charge in [-0.25, -0.2) is 4.79 Å². The van der Waals surface area contributed by atoms with E-state index in [0.29, 0.717) is 63.8 Å². The lowest BCUT2D eigenvalue weighted by molar-refractivity contribution is -0.143. The second-order valence-corrected chi connectivity index (χ2v) is 10.8. The van der Waals surface area contributed by atoms with Crippen molar-refractivity contribution in [2.45, 2.75) is 77.5 Å². The molecule has 2 N–H and O–H groups in total. The maximum absolute atomic E-state index is 12.7. The first kappa shape index (κ1) is 32.5. The fourth-order valence-corrected chi connectivity index (χ4v) is 4.02. The molecule has 0 spiro atoms. The van der Waals surface area contributed by atoms with E-state index in [1.807, 2.05) is 20.8 Å². The minimum Gasteiger partial charge on any atom is -0.444 e. The lowest BCUT2D eigenvalue weighted by Crippen LogP contribution is -2.45. The van der Waals surface area contributed by atoms with Crippen LogP contribution < -0.4 is 10.6 Å². The lowest BCUT2D eigenvalue weighted by atomic mass is 10.1. The minimum atomic E-state index is -0.743. The molecular weight excluding hydrogens is 526 g/mol. The van der Waals surface area contributed by atoms with Gasteiger partial charge in [0.1, 0.15) is 11.6 Å². The summed E-state index contributed by atoms with van der Waals surface area (Å²) >= 11 is 5.91. The summed E-state index contributed by atoms with van der Waals surface area (Å²) in [6, 6.07) is 6.32. The predicted molar refractivity (Wildman–Crippen MR) is 147 cm³/mol. The Balaban J connectivity index is 1.47. The SMILES string of the molecule is CC(C)(C)OC(=O)NCCCOCCCCOCCCNC(=O)C(=O)C1CCC(=O)N1Cc1ccc(Cl)cc1. The molecule has 11 heteroatoms. The topological polar surface area (TPSA) is 123 Å². The number of ketones is 1. The average Bonchev–Trinajstić information content (AvgIpc) is 3.23. The Morgan fingerprint density at radius 1 is 0.923 bits per heavy atom. The highest BCUT2D eigenvalue weighted by molar-refractivity contribution is 6.38. The largest absolute Gasteiger partial charge is 0.444 e. The number of likely N-dealkylation sites (tertiary alicyclic amines) is 1. The third kappa shape index (κ3) is 13.3. The first-order valence-electron chi connectivity index (χ1n) is 13.5. The molecule has 0 saturated carbocycles. The van der Waals surface area contributed by atoms with Crippen LogP contribution in [0.15, 0.2) is 24.3 Å². The van der Waals surface area contributed by atoms with Crippen LogP contribution in [0.3, 0.4) is 0 Å². The number of carbonyl (C=O) groups is 4. The van der Waals surface area contributed by atoms with Crippen LogP contribution in [0, 0.1) is 0 Å². The molecule has 39 heavy (non-hydrogen) atoms. The summed E-state index contributed by atoms with van der Waals surface area (Å²) in [5.41, 5.74) is 0.346. The second kappa shape index (κ2) is 17.1. The Hall–Kier alpha value is -2.69. The Morgan fingerprint density at radius 2 is 1.49 bits per heavy atom. The van der Waals surface area contributed by atoms with Crippen molar-refractivity contribution in [3.63, 3.8) is 0 Å². The molecule has 1 saturated heterocycles. The molecule has 218 valence electrons. The van der Waals surface area contributed by atoms with E-state index in [9.17, 15) is 19.2 Å². The van der Waals surface area contributed by atoms with E-state index >= 15 is 0 Å². The lowest BCUT2D eigenvalue weighted by Gasteiger charge is -2.23. The molecule has 1 unspecified atom stereocenters. The van der Waals surface area contributed by atoms with Gasteiger partial charge in [0.2, 0.25) is 11.7 Å². The predicted octanol–water partition coefficient (Wildman–Crippen LogP) is 3.63. The number of amides is 3. The number of nitrogens with one attached hydrogen (secondary N) is 2. The number of hydrogen-bond acceptors (Lipinski definition) is 7. The summed E-state index contributed by atoms with van der Waals surface area (Å²) in [6.07, 6.45) is 3.17. The van der Waals surface area contributed by atoms with Crippen LogP contribution in [-0.4, -0.2) is 79.8 Å². The number of unbranched alkanes of at least 4 members (excludes halogenated alkanes) is 1. The first-order chi connectivity index (χ1) is 18.6. The average molecular weight is 568 g/mol. The van der Waals surface area contributed by atoms with E-state index in [0.717, 1.165) is 18.4 Å². The van der Waals surface area contributed by atoms with Crippen molar-refractivity contribution in [2.24, 2.45) is 0 Å². The summed E-state index contributed by atoms with van der Waals surface area (Å²) < 4.78 is 16.3. The van der Waals surface area contributed by atoms with E-state index in [1.54, 1.807) is 24.3 Å². The minimum absolute atomic E-state index is 0.134. The molecular formula is C28H42ClN3O7. The molecule has 3 amide bonds. The van der Waals surface area contributed by atoms with Crippen molar-refractivity contribution < 1.29 is 33.4 Å². The molecule has 1 aromatic carbocycles. The number of hydrogen-bond donors (Lipinski definition) is 2. The quantitative estimate of drug-likeness (QED) is 0.218. The van der Waals surface area contributed by atoms with Crippen molar-refractivity contribution in [3.05, 3.63) is 34.9 Å². The molecule has 10 nitrogen and oxygen atoms in total. The van der Waals surface area contributed by atoms with E-state index in [1.165, 1.54) is 4.90 Å². The van der Waals surface area contributed by atoms with Gasteiger partial charge in [0.15, 0.2) is 0 Å². The van der Waals surface area contributed by atoms with Crippen molar-refractivity contribution in [2.75, 3.05) is 39.5 Å². The van der Waals surface area contributed by atoms with Gasteiger partial charge in [0.05, 0.1) is 0 Å². The van der Waals surface area contributed by atoms with Gasteiger partial charge < -0.3 is 29.7 Å². The van der Waals surface area contributed by atoms with Gasteiger partial charge in [-0.3, -0.25) is 14.4 Å². The molecule has 1 aliphatic heterocycles. The highest BCUT2D eigenvalue weighted by Crippen LogP contribution is 2.23. The van der Waals surface area contributed by atoms with Crippen molar-refractivity contribution >= 4 is 35.3 Å². The third-order valence-electron chi connectivity index (χ3n) is 5.83. The van der Waals surface area contributed by atoms with Crippen LogP contribution in [0.1, 0.15) is 64.9 Å². The molecule has 2 rings (SSSR count). The van der Waals surface area contributed by atoms with Gasteiger partial charge in [-0.2, -0.15) is 0 Å². The standard InChI is InChI=1S/C28H42ClN3O7/c1-28(2,3)39-27(36)31-15-7-19-38-17-5-4-16-37-18-6-14-30-26(35)25(34)23-12-13-24(33)32(23)20-21-8-10-22(29)11-9-21/h8-11,23H,4-7,12-20H2,1-3H3,(H,30,35)(H,31,36). The molecule has 1 atom stereocenters. The van der Waals surface area contributed by atoms with Gasteiger partial charge in [-0.1, -0.05) is 23.7 Å². The van der Waals surface area contributed by atoms with E-state index < -0.39 is 29.4 Å². The maximum Gasteiger partial charge on any atom is 0.407 e. The number of rotatable bonds is 17. The van der Waals surface area contributed by atoms with Crippen LogP contribution in [0.25, 0.3) is 0 Å². The highest BCUT2D eigenvalue weighted by atomic mass is 35.5. The van der Waals surface area contributed by atoms with Crippen molar-refractivity contribution in [3.8, 4) is 0 Å². The molecule has 0 aromatic heterocycles. The van der Waals surface area contributed by atoms with Crippen molar-refractivity contribution in [1.29, 1.82) is 0 Å². The Bertz CT molecular complexity index is 934. The van der Waals surface area contributed by atoms with E-state index in [4.69, 9.17) is 25.8 Å². The summed E-state index contributed by atoms with van der Waals surface area (Å²) in [5.74, 6) is -1.39. The van der Waals surface area contributed by atoms with Crippen LogP contribution >= 0.6 is 11.6 Å². The second-order valence-electron chi connectivity index (χ2n) is 10.4. The normalized spacial score (nSPS) is 15.3. The van der Waals surface area contributed by atoms with Gasteiger partial charge in [-0.15, -0.1) is 0 Å². The monoisotopic (exact) mass is 567 g/mol. The summed E-state index contributed by atoms with van der Waals surface area (Å²) in [5, 5.41) is 5.92. The number of nitrogens with zero attached hydrogens (tertiary/aromatic N) is 1. The Kier molecular flexibility index (Phi) is 14.3. The van der Waals surface area contributed by atoms with Crippen LogP contribution in [0.4, 0.5) is 4.79 Å². The molecule has 0 aliphatic carbocycles. The highest BCUT2D eigenvalue weighted by Gasteiger charge is 2.38. The van der Waals surface area contributed by atoms with Gasteiger partial charge in [0.25, 0.3) is 5.91 Å². The van der Waals surface area contributed by atoms with Crippen LogP contribution in [0.5, 0.6) is 0 Å². The molecule has 0 bridgehead atoms. The van der Waals surface area contributed by atoms with Crippen LogP contribution in [-0.2, 0) is 35.1 Å². The summed E-state index contributed by atoms with van der Waals surface area (Å²) in [6.45, 7) is 8.78. The number of Topliss-reactive ketones (excluding diaryl/α,β-unsaturated/α-hetero) is 1. The number of halogens is 1. The zero-order valence-electron chi connectivity index (χ0n) is 23.3. The Labute approximate surface area is 236 Å². The van der Waals surface area contributed by atoms with Crippen molar-refractivity contribution in [1.82, 2.24) is 15.5 Å². The third-order valence-corrected chi connectivity index (χ3v) is 6.08. The number of benzene rings is 1.